The second-order valence-electron chi connectivity index (χ2n) is 1.66. The van der Waals surface area contributed by atoms with Crippen LogP contribution < -0.4 is 0 Å². The third kappa shape index (κ3) is 3.50. The molecule has 1 radical (unpaired) electrons. The summed E-state index contributed by atoms with van der Waals surface area (Å²) in [7, 11) is 0. The molecule has 10 heavy (non-hydrogen) atoms. The van der Waals surface area contributed by atoms with E-state index in [2.05, 4.69) is 6.26 Å². The molecule has 0 bridgehead atoms. The zero-order valence-corrected chi connectivity index (χ0v) is 8.80. The van der Waals surface area contributed by atoms with Crippen molar-refractivity contribution in [3.8, 4) is 0 Å². The molecule has 1 aromatic heterocycles. The number of hydrogen-bond acceptors (Lipinski definition) is 2. The molecule has 0 aromatic carbocycles. The van der Waals surface area contributed by atoms with Gasteiger partial charge in [-0.25, -0.2) is 0 Å². The summed E-state index contributed by atoms with van der Waals surface area (Å²) in [4.78, 5) is 0. The van der Waals surface area contributed by atoms with Gasteiger partial charge in [-0.3, -0.25) is 0 Å². The average molecular weight is 214 g/mol. The van der Waals surface area contributed by atoms with E-state index in [4.69, 9.17) is 9.15 Å². The van der Waals surface area contributed by atoms with Crippen LogP contribution in [0.4, 0.5) is 0 Å². The second-order valence-corrected chi connectivity index (χ2v) is 1.66. The maximum atomic E-state index is 5.06. The maximum Gasteiger partial charge on any atom is 0.0478 e. The van der Waals surface area contributed by atoms with Crippen LogP contribution >= 0.6 is 0 Å². The summed E-state index contributed by atoms with van der Waals surface area (Å²) in [6.07, 6.45) is 2.58. The first kappa shape index (κ1) is 10.3. The number of hydrogen-bond donors (Lipinski definition) is 0. The number of rotatable bonds is 3. The molecule has 0 saturated carbocycles. The van der Waals surface area contributed by atoms with Crippen molar-refractivity contribution in [3.05, 3.63) is 24.2 Å². The minimum Gasteiger partial charge on any atom is -0.593 e. The summed E-state index contributed by atoms with van der Waals surface area (Å²) < 4.78 is 9.95. The quantitative estimate of drug-likeness (QED) is 0.713. The van der Waals surface area contributed by atoms with E-state index in [1.807, 2.05) is 13.0 Å². The van der Waals surface area contributed by atoms with Crippen LogP contribution in [0.15, 0.2) is 16.5 Å². The zero-order chi connectivity index (χ0) is 6.53. The molecule has 0 N–H and O–H groups in total. The van der Waals surface area contributed by atoms with Gasteiger partial charge >= 0.3 is 0 Å². The van der Waals surface area contributed by atoms with Crippen molar-refractivity contribution in [2.75, 3.05) is 6.61 Å². The Hall–Kier alpha value is 0.344. The SMILES string of the molecule is CCOCc1cc[c-]o1.[Y]. The summed E-state index contributed by atoms with van der Waals surface area (Å²) in [6, 6.07) is 3.57. The Morgan fingerprint density at radius 1 is 1.70 bits per heavy atom. The second kappa shape index (κ2) is 6.08. The Morgan fingerprint density at radius 2 is 2.50 bits per heavy atom. The molecule has 1 aromatic rings. The number of furan rings is 1. The molecular formula is C7H9O2Y-. The van der Waals surface area contributed by atoms with E-state index < -0.39 is 0 Å². The van der Waals surface area contributed by atoms with Crippen molar-refractivity contribution < 1.29 is 41.9 Å². The Bertz CT molecular complexity index is 149. The van der Waals surface area contributed by atoms with Gasteiger partial charge in [0.05, 0.1) is 0 Å². The van der Waals surface area contributed by atoms with E-state index >= 15 is 0 Å². The van der Waals surface area contributed by atoms with Crippen LogP contribution in [-0.2, 0) is 44.1 Å². The van der Waals surface area contributed by atoms with Crippen molar-refractivity contribution in [1.29, 1.82) is 0 Å². The fraction of sp³-hybridized carbons (Fsp3) is 0.429. The van der Waals surface area contributed by atoms with E-state index in [1.54, 1.807) is 6.07 Å². The molecule has 0 aliphatic carbocycles. The summed E-state index contributed by atoms with van der Waals surface area (Å²) in [6.45, 7) is 3.23. The maximum absolute atomic E-state index is 5.06. The Morgan fingerprint density at radius 3 is 3.00 bits per heavy atom. The molecule has 0 unspecified atom stereocenters. The monoisotopic (exact) mass is 214 g/mol. The summed E-state index contributed by atoms with van der Waals surface area (Å²) >= 11 is 0. The standard InChI is InChI=1S/C7H9O2.Y/c1-2-8-6-7-4-3-5-9-7;/h3-4H,2,6H2,1H3;/q-1;. The molecule has 2 nitrogen and oxygen atoms in total. The average Bonchev–Trinajstić information content (AvgIpc) is 2.34. The molecule has 0 fully saturated rings. The molecular weight excluding hydrogens is 205 g/mol. The predicted octanol–water partition coefficient (Wildman–Crippen LogP) is 1.61. The van der Waals surface area contributed by atoms with Crippen LogP contribution in [-0.4, -0.2) is 6.61 Å². The Balaban J connectivity index is 0.000000810. The predicted molar refractivity (Wildman–Crippen MR) is 32.9 cm³/mol. The van der Waals surface area contributed by atoms with E-state index in [0.29, 0.717) is 6.61 Å². The zero-order valence-electron chi connectivity index (χ0n) is 5.96. The van der Waals surface area contributed by atoms with Crippen LogP contribution in [0.25, 0.3) is 0 Å². The van der Waals surface area contributed by atoms with Crippen molar-refractivity contribution >= 4 is 0 Å². The molecule has 53 valence electrons. The van der Waals surface area contributed by atoms with E-state index in [-0.39, 0.29) is 32.7 Å². The van der Waals surface area contributed by atoms with Crippen LogP contribution in [0.5, 0.6) is 0 Å². The van der Waals surface area contributed by atoms with Crippen LogP contribution in [0.1, 0.15) is 12.7 Å². The molecule has 1 rings (SSSR count). The van der Waals surface area contributed by atoms with Gasteiger partial charge in [-0.1, -0.05) is 0 Å². The van der Waals surface area contributed by atoms with E-state index in [9.17, 15) is 0 Å². The molecule has 0 aliphatic rings. The molecule has 0 aliphatic heterocycles. The first-order valence-corrected chi connectivity index (χ1v) is 2.96. The van der Waals surface area contributed by atoms with Gasteiger partial charge in [0.2, 0.25) is 0 Å². The summed E-state index contributed by atoms with van der Waals surface area (Å²) in [5.41, 5.74) is 0. The molecule has 3 heteroatoms. The first-order valence-electron chi connectivity index (χ1n) is 2.96. The molecule has 0 atom stereocenters. The topological polar surface area (TPSA) is 22.4 Å². The van der Waals surface area contributed by atoms with Crippen LogP contribution in [0, 0.1) is 6.26 Å². The van der Waals surface area contributed by atoms with Gasteiger partial charge < -0.3 is 9.15 Å². The third-order valence-electron chi connectivity index (χ3n) is 0.976. The summed E-state index contributed by atoms with van der Waals surface area (Å²) in [5, 5.41) is 0. The van der Waals surface area contributed by atoms with E-state index in [1.165, 1.54) is 0 Å². The van der Waals surface area contributed by atoms with Crippen molar-refractivity contribution in [1.82, 2.24) is 0 Å². The van der Waals surface area contributed by atoms with Gasteiger partial charge in [-0.15, -0.1) is 6.07 Å². The van der Waals surface area contributed by atoms with Crippen molar-refractivity contribution in [3.63, 3.8) is 0 Å². The summed E-state index contributed by atoms with van der Waals surface area (Å²) in [5.74, 6) is 0.830. The fourth-order valence-corrected chi connectivity index (χ4v) is 0.551. The van der Waals surface area contributed by atoms with Gasteiger partial charge in [0.15, 0.2) is 0 Å². The minimum absolute atomic E-state index is 0. The van der Waals surface area contributed by atoms with Gasteiger partial charge in [-0.2, -0.15) is 6.07 Å². The van der Waals surface area contributed by atoms with Gasteiger partial charge in [-0.05, 0) is 18.9 Å². The molecule has 0 amide bonds. The Kier molecular flexibility index (Phi) is 6.29. The molecule has 0 spiro atoms. The third-order valence-corrected chi connectivity index (χ3v) is 0.976. The fourth-order valence-electron chi connectivity index (χ4n) is 0.551. The normalized spacial score (nSPS) is 8.90. The molecule has 1 heterocycles. The first-order chi connectivity index (χ1) is 4.43. The largest absolute Gasteiger partial charge is 0.593 e. The minimum atomic E-state index is 0. The van der Waals surface area contributed by atoms with Crippen molar-refractivity contribution in [2.24, 2.45) is 0 Å². The van der Waals surface area contributed by atoms with Crippen LogP contribution in [0.2, 0.25) is 0 Å². The molecule has 0 saturated heterocycles. The number of ether oxygens (including phenoxy) is 1. The Labute approximate surface area is 85.8 Å². The van der Waals surface area contributed by atoms with Gasteiger partial charge in [0.25, 0.3) is 0 Å². The van der Waals surface area contributed by atoms with Crippen molar-refractivity contribution in [2.45, 2.75) is 13.5 Å². The van der Waals surface area contributed by atoms with Gasteiger partial charge in [0.1, 0.15) is 0 Å². The van der Waals surface area contributed by atoms with Crippen LogP contribution in [0.3, 0.4) is 0 Å². The smallest absolute Gasteiger partial charge is 0.0478 e. The van der Waals surface area contributed by atoms with Gasteiger partial charge in [0, 0.05) is 45.9 Å². The van der Waals surface area contributed by atoms with E-state index in [0.717, 1.165) is 12.4 Å².